The number of nitrogens with one attached hydrogen (secondary N) is 1. The third-order valence-electron chi connectivity index (χ3n) is 3.78. The van der Waals surface area contributed by atoms with E-state index < -0.39 is 65.2 Å². The maximum Gasteiger partial charge on any atom is 0.490 e. The molecule has 0 aromatic carbocycles. The molecule has 16 nitrogen and oxygen atoms in total. The Kier molecular flexibility index (Phi) is 7.71. The number of alkyl halides is 2. The van der Waals surface area contributed by atoms with Gasteiger partial charge in [-0.05, 0) is 0 Å². The van der Waals surface area contributed by atoms with Crippen molar-refractivity contribution in [1.82, 2.24) is 9.55 Å². The van der Waals surface area contributed by atoms with Crippen molar-refractivity contribution in [2.75, 3.05) is 6.61 Å². The lowest BCUT2D eigenvalue weighted by Gasteiger charge is -2.26. The van der Waals surface area contributed by atoms with E-state index in [1.807, 2.05) is 5.73 Å². The van der Waals surface area contributed by atoms with Crippen molar-refractivity contribution in [3.8, 4) is 0 Å². The van der Waals surface area contributed by atoms with E-state index in [4.69, 9.17) is 19.4 Å². The van der Waals surface area contributed by atoms with Crippen molar-refractivity contribution in [3.63, 3.8) is 0 Å². The molecule has 1 aliphatic rings. The van der Waals surface area contributed by atoms with Gasteiger partial charge >= 0.3 is 29.2 Å². The first kappa shape index (κ1) is 27.6. The maximum atomic E-state index is 15.5. The van der Waals surface area contributed by atoms with E-state index >= 15 is 8.78 Å². The molecule has 0 spiro atoms. The lowest BCUT2D eigenvalue weighted by molar-refractivity contribution is -0.204. The molecule has 0 radical (unpaired) electrons. The summed E-state index contributed by atoms with van der Waals surface area (Å²) in [7, 11) is -17.5. The molecule has 2 rings (SSSR count). The van der Waals surface area contributed by atoms with Gasteiger partial charge in [-0.25, -0.2) is 27.3 Å². The van der Waals surface area contributed by atoms with Crippen LogP contribution in [0.1, 0.15) is 6.23 Å². The van der Waals surface area contributed by atoms with Crippen LogP contribution in [0, 0.1) is 0 Å². The Morgan fingerprint density at radius 3 is 2.33 bits per heavy atom. The van der Waals surface area contributed by atoms with E-state index in [0.29, 0.717) is 16.8 Å². The SMILES string of the molecule is C=C=C[C@]1(F)C(n2ccc(=O)[nH]c2=O)O[C@](F)(COP(=O)(O)OP(=O)(O)OP(=O)(O)O)[C@H]1O. The van der Waals surface area contributed by atoms with Crippen LogP contribution in [-0.4, -0.2) is 58.5 Å². The van der Waals surface area contributed by atoms with Crippen molar-refractivity contribution in [1.29, 1.82) is 0 Å². The number of aliphatic hydroxyl groups is 1. The minimum absolute atomic E-state index is 0.310. The fourth-order valence-corrected chi connectivity index (χ4v) is 5.61. The molecule has 1 aliphatic heterocycles. The van der Waals surface area contributed by atoms with Crippen LogP contribution in [-0.2, 0) is 31.6 Å². The minimum atomic E-state index is -5.95. The van der Waals surface area contributed by atoms with Crippen LogP contribution in [0.25, 0.3) is 0 Å². The molecular weight excluding hydrogens is 527 g/mol. The number of hydrogen-bond acceptors (Lipinski definition) is 10. The Bertz CT molecular complexity index is 1220. The highest BCUT2D eigenvalue weighted by Gasteiger charge is 2.66. The number of nitrogens with zero attached hydrogens (tertiary/aromatic N) is 1. The van der Waals surface area contributed by atoms with Crippen LogP contribution in [0.4, 0.5) is 8.78 Å². The first-order valence-corrected chi connectivity index (χ1v) is 12.6. The van der Waals surface area contributed by atoms with Crippen LogP contribution < -0.4 is 11.2 Å². The smallest absolute Gasteiger partial charge is 0.383 e. The van der Waals surface area contributed by atoms with Gasteiger partial charge in [0.1, 0.15) is 6.61 Å². The fraction of sp³-hybridized carbons (Fsp3) is 0.417. The van der Waals surface area contributed by atoms with Gasteiger partial charge in [0, 0.05) is 18.3 Å². The molecule has 3 unspecified atom stereocenters. The van der Waals surface area contributed by atoms with Gasteiger partial charge in [0.15, 0.2) is 12.3 Å². The van der Waals surface area contributed by atoms with E-state index in [0.717, 1.165) is 6.07 Å². The van der Waals surface area contributed by atoms with Crippen LogP contribution in [0.2, 0.25) is 0 Å². The number of phosphoric acid groups is 3. The van der Waals surface area contributed by atoms with E-state index in [2.05, 4.69) is 19.7 Å². The molecule has 0 bridgehead atoms. The average molecular weight is 542 g/mol. The fourth-order valence-electron chi connectivity index (χ4n) is 2.58. The normalized spacial score (nSPS) is 31.4. The van der Waals surface area contributed by atoms with Crippen molar-refractivity contribution in [3.05, 3.63) is 51.5 Å². The molecule has 0 amide bonds. The Hall–Kier alpha value is -1.61. The summed E-state index contributed by atoms with van der Waals surface area (Å²) in [4.78, 5) is 60.3. The maximum absolute atomic E-state index is 15.5. The molecule has 2 heterocycles. The summed E-state index contributed by atoms with van der Waals surface area (Å²) in [5.74, 6) is -3.76. The zero-order valence-electron chi connectivity index (χ0n) is 15.8. The van der Waals surface area contributed by atoms with E-state index in [9.17, 15) is 33.3 Å². The predicted molar refractivity (Wildman–Crippen MR) is 98.7 cm³/mol. The minimum Gasteiger partial charge on any atom is -0.383 e. The van der Waals surface area contributed by atoms with Crippen molar-refractivity contribution < 1.29 is 65.0 Å². The summed E-state index contributed by atoms with van der Waals surface area (Å²) in [5, 5.41) is 10.2. The summed E-state index contributed by atoms with van der Waals surface area (Å²) >= 11 is 0. The number of ether oxygens (including phenoxy) is 1. The number of rotatable bonds is 9. The Morgan fingerprint density at radius 2 is 1.82 bits per heavy atom. The largest absolute Gasteiger partial charge is 0.490 e. The number of halogens is 2. The molecule has 33 heavy (non-hydrogen) atoms. The summed E-state index contributed by atoms with van der Waals surface area (Å²) in [6, 6.07) is 0.722. The first-order valence-electron chi connectivity index (χ1n) is 8.05. The molecule has 6 atom stereocenters. The molecular formula is C12H15F2N2O14P3. The van der Waals surface area contributed by atoms with Crippen LogP contribution in [0.15, 0.2) is 40.2 Å². The van der Waals surface area contributed by atoms with Gasteiger partial charge in [-0.2, -0.15) is 8.62 Å². The number of aromatic amines is 1. The summed E-state index contributed by atoms with van der Waals surface area (Å²) in [6.07, 6.45) is -4.25. The second kappa shape index (κ2) is 9.21. The summed E-state index contributed by atoms with van der Waals surface area (Å²) in [6.45, 7) is 1.14. The number of hydrogen-bond donors (Lipinski definition) is 6. The topological polar surface area (TPSA) is 244 Å². The highest BCUT2D eigenvalue weighted by molar-refractivity contribution is 7.66. The molecule has 0 saturated carbocycles. The third kappa shape index (κ3) is 6.50. The van der Waals surface area contributed by atoms with Crippen LogP contribution >= 0.6 is 23.5 Å². The number of aliphatic hydroxyl groups excluding tert-OH is 1. The average Bonchev–Trinajstić information content (AvgIpc) is 2.80. The van der Waals surface area contributed by atoms with Crippen molar-refractivity contribution in [2.24, 2.45) is 0 Å². The van der Waals surface area contributed by atoms with E-state index in [1.165, 1.54) is 0 Å². The number of H-pyrrole nitrogens is 1. The quantitative estimate of drug-likeness (QED) is 0.170. The molecule has 1 fully saturated rings. The van der Waals surface area contributed by atoms with Crippen molar-refractivity contribution >= 4 is 23.5 Å². The zero-order chi connectivity index (χ0) is 25.5. The molecule has 6 N–H and O–H groups in total. The van der Waals surface area contributed by atoms with Gasteiger partial charge in [-0.1, -0.05) is 6.58 Å². The van der Waals surface area contributed by atoms with Crippen molar-refractivity contribution in [2.45, 2.75) is 23.9 Å². The number of phosphoric ester groups is 1. The van der Waals surface area contributed by atoms with Crippen LogP contribution in [0.3, 0.4) is 0 Å². The molecule has 1 saturated heterocycles. The third-order valence-corrected chi connectivity index (χ3v) is 7.56. The van der Waals surface area contributed by atoms with Gasteiger partial charge in [-0.3, -0.25) is 18.9 Å². The van der Waals surface area contributed by atoms with Gasteiger partial charge in [-0.15, -0.1) is 5.73 Å². The molecule has 1 aromatic heterocycles. The standard InChI is InChI=1S/C12H15F2N2O14P3/c1-2-4-11(13)8(18)12(14,28-9(11)16-5-3-7(17)15-10(16)19)6-27-32(23,24)30-33(25,26)29-31(20,21)22/h3-5,8-9,18H,1,6H2,(H,23,24)(H,25,26)(H,15,17,19)(H2,20,21,22)/t8-,9?,11+,12+/m0/s1. The first-order chi connectivity index (χ1) is 14.8. The Labute approximate surface area is 180 Å². The van der Waals surface area contributed by atoms with Crippen LogP contribution in [0.5, 0.6) is 0 Å². The summed E-state index contributed by atoms with van der Waals surface area (Å²) in [5.41, 5.74) is -3.66. The zero-order valence-corrected chi connectivity index (χ0v) is 18.4. The second-order valence-corrected chi connectivity index (χ2v) is 10.6. The van der Waals surface area contributed by atoms with Gasteiger partial charge in [0.05, 0.1) is 0 Å². The van der Waals surface area contributed by atoms with E-state index in [1.54, 1.807) is 4.98 Å². The molecule has 1 aromatic rings. The van der Waals surface area contributed by atoms with Gasteiger partial charge in [0.2, 0.25) is 5.67 Å². The Morgan fingerprint density at radius 1 is 1.21 bits per heavy atom. The molecule has 0 aliphatic carbocycles. The van der Waals surface area contributed by atoms with E-state index in [-0.39, 0.29) is 0 Å². The van der Waals surface area contributed by atoms with Gasteiger partial charge < -0.3 is 29.4 Å². The summed E-state index contributed by atoms with van der Waals surface area (Å²) < 4.78 is 80.3. The lowest BCUT2D eigenvalue weighted by atomic mass is 9.95. The highest BCUT2D eigenvalue weighted by atomic mass is 31.3. The predicted octanol–water partition coefficient (Wildman–Crippen LogP) is -0.515. The highest BCUT2D eigenvalue weighted by Crippen LogP contribution is 2.66. The lowest BCUT2D eigenvalue weighted by Crippen LogP contribution is -2.48. The molecule has 186 valence electrons. The second-order valence-electron chi connectivity index (χ2n) is 6.22. The Balaban J connectivity index is 2.33. The van der Waals surface area contributed by atoms with Gasteiger partial charge in [0.25, 0.3) is 11.4 Å². The number of aromatic nitrogens is 2. The monoisotopic (exact) mass is 542 g/mol. The molecule has 21 heteroatoms.